The molecule has 0 aromatic carbocycles. The summed E-state index contributed by atoms with van der Waals surface area (Å²) < 4.78 is 0. The zero-order valence-corrected chi connectivity index (χ0v) is 9.03. The van der Waals surface area contributed by atoms with Crippen LogP contribution in [0.1, 0.15) is 6.42 Å². The lowest BCUT2D eigenvalue weighted by atomic mass is 10.2. The number of halogens is 1. The van der Waals surface area contributed by atoms with Gasteiger partial charge in [-0.25, -0.2) is 9.97 Å². The van der Waals surface area contributed by atoms with Crippen LogP contribution in [-0.4, -0.2) is 40.4 Å². The molecule has 6 heteroatoms. The van der Waals surface area contributed by atoms with Crippen molar-refractivity contribution in [3.8, 4) is 0 Å². The average molecular weight is 227 g/mol. The number of carbonyl (C=O) groups excluding carboxylic acids is 1. The van der Waals surface area contributed by atoms with Gasteiger partial charge in [0.05, 0.1) is 0 Å². The first kappa shape index (κ1) is 10.2. The summed E-state index contributed by atoms with van der Waals surface area (Å²) in [6.45, 7) is 0.758. The summed E-state index contributed by atoms with van der Waals surface area (Å²) >= 11 is 5.83. The molecule has 1 N–H and O–H groups in total. The Morgan fingerprint density at radius 1 is 1.53 bits per heavy atom. The molecule has 1 aromatic rings. The van der Waals surface area contributed by atoms with Crippen molar-refractivity contribution in [3.05, 3.63) is 17.5 Å². The van der Waals surface area contributed by atoms with Gasteiger partial charge in [0.2, 0.25) is 5.91 Å². The number of nitrogens with zero attached hydrogens (tertiary/aromatic N) is 3. The first-order valence-electron chi connectivity index (χ1n) is 4.66. The molecule has 0 saturated carbocycles. The van der Waals surface area contributed by atoms with E-state index < -0.39 is 0 Å². The maximum absolute atomic E-state index is 11.6. The Bertz CT molecular complexity index is 384. The minimum atomic E-state index is -0.232. The van der Waals surface area contributed by atoms with Gasteiger partial charge in [-0.3, -0.25) is 4.79 Å². The van der Waals surface area contributed by atoms with Crippen molar-refractivity contribution in [2.45, 2.75) is 12.5 Å². The number of hydrogen-bond donors (Lipinski definition) is 1. The van der Waals surface area contributed by atoms with Crippen LogP contribution in [0.2, 0.25) is 5.15 Å². The summed E-state index contributed by atoms with van der Waals surface area (Å²) in [5, 5.41) is 3.28. The number of nitrogens with one attached hydrogen (secondary N) is 1. The van der Waals surface area contributed by atoms with E-state index in [9.17, 15) is 4.79 Å². The SMILES string of the molecule is CN1CCC(Nc2nccnc2Cl)C1=O. The number of carbonyl (C=O) groups is 1. The van der Waals surface area contributed by atoms with E-state index in [1.807, 2.05) is 0 Å². The number of likely N-dealkylation sites (N-methyl/N-ethyl adjacent to an activating group) is 1. The third-order valence-corrected chi connectivity index (χ3v) is 2.67. The molecule has 1 amide bonds. The number of amides is 1. The van der Waals surface area contributed by atoms with Gasteiger partial charge in [0.1, 0.15) is 6.04 Å². The Hall–Kier alpha value is -1.36. The third kappa shape index (κ3) is 2.02. The highest BCUT2D eigenvalue weighted by molar-refractivity contribution is 6.31. The first-order valence-corrected chi connectivity index (χ1v) is 5.04. The molecular weight excluding hydrogens is 216 g/mol. The Kier molecular flexibility index (Phi) is 2.73. The van der Waals surface area contributed by atoms with Gasteiger partial charge in [-0.05, 0) is 6.42 Å². The van der Waals surface area contributed by atoms with E-state index in [-0.39, 0.29) is 11.9 Å². The van der Waals surface area contributed by atoms with Crippen LogP contribution in [0.25, 0.3) is 0 Å². The Balaban J connectivity index is 2.10. The number of likely N-dealkylation sites (tertiary alicyclic amines) is 1. The minimum Gasteiger partial charge on any atom is -0.356 e. The van der Waals surface area contributed by atoms with Gasteiger partial charge in [0.25, 0.3) is 0 Å². The molecule has 0 spiro atoms. The zero-order valence-electron chi connectivity index (χ0n) is 8.27. The molecule has 1 saturated heterocycles. The van der Waals surface area contributed by atoms with Crippen LogP contribution in [0.5, 0.6) is 0 Å². The molecule has 1 atom stereocenters. The average Bonchev–Trinajstić information content (AvgIpc) is 2.53. The van der Waals surface area contributed by atoms with Gasteiger partial charge in [0.15, 0.2) is 11.0 Å². The van der Waals surface area contributed by atoms with E-state index in [2.05, 4.69) is 15.3 Å². The highest BCUT2D eigenvalue weighted by Gasteiger charge is 2.29. The van der Waals surface area contributed by atoms with E-state index in [0.717, 1.165) is 13.0 Å². The van der Waals surface area contributed by atoms with Crippen LogP contribution in [-0.2, 0) is 4.79 Å². The molecule has 0 bridgehead atoms. The smallest absolute Gasteiger partial charge is 0.244 e. The highest BCUT2D eigenvalue weighted by Crippen LogP contribution is 2.19. The largest absolute Gasteiger partial charge is 0.356 e. The standard InChI is InChI=1S/C9H11ClN4O/c1-14-5-2-6(9(14)15)13-8-7(10)11-3-4-12-8/h3-4,6H,2,5H2,1H3,(H,12,13). The lowest BCUT2D eigenvalue weighted by molar-refractivity contribution is -0.127. The highest BCUT2D eigenvalue weighted by atomic mass is 35.5. The molecule has 15 heavy (non-hydrogen) atoms. The molecular formula is C9H11ClN4O. The Morgan fingerprint density at radius 2 is 2.27 bits per heavy atom. The number of hydrogen-bond acceptors (Lipinski definition) is 4. The lowest BCUT2D eigenvalue weighted by Crippen LogP contribution is -2.31. The maximum Gasteiger partial charge on any atom is 0.244 e. The monoisotopic (exact) mass is 226 g/mol. The molecule has 2 heterocycles. The molecule has 80 valence electrons. The van der Waals surface area contributed by atoms with Gasteiger partial charge >= 0.3 is 0 Å². The molecule has 0 radical (unpaired) electrons. The second kappa shape index (κ2) is 4.02. The van der Waals surface area contributed by atoms with E-state index in [1.54, 1.807) is 11.9 Å². The van der Waals surface area contributed by atoms with Crippen LogP contribution >= 0.6 is 11.6 Å². The van der Waals surface area contributed by atoms with Crippen LogP contribution in [0.15, 0.2) is 12.4 Å². The predicted molar refractivity (Wildman–Crippen MR) is 56.7 cm³/mol. The fourth-order valence-corrected chi connectivity index (χ4v) is 1.70. The van der Waals surface area contributed by atoms with Crippen molar-refractivity contribution in [2.24, 2.45) is 0 Å². The van der Waals surface area contributed by atoms with Gasteiger partial charge in [0, 0.05) is 26.0 Å². The van der Waals surface area contributed by atoms with Crippen LogP contribution in [0.3, 0.4) is 0 Å². The van der Waals surface area contributed by atoms with Gasteiger partial charge in [-0.15, -0.1) is 0 Å². The second-order valence-corrected chi connectivity index (χ2v) is 3.80. The fraction of sp³-hybridized carbons (Fsp3) is 0.444. The molecule has 1 unspecified atom stereocenters. The lowest BCUT2D eigenvalue weighted by Gasteiger charge is -2.12. The molecule has 1 aromatic heterocycles. The molecule has 1 aliphatic rings. The number of anilines is 1. The van der Waals surface area contributed by atoms with Gasteiger partial charge < -0.3 is 10.2 Å². The quantitative estimate of drug-likeness (QED) is 0.810. The number of aromatic nitrogens is 2. The zero-order chi connectivity index (χ0) is 10.8. The van der Waals surface area contributed by atoms with E-state index in [1.165, 1.54) is 12.4 Å². The first-order chi connectivity index (χ1) is 7.18. The predicted octanol–water partition coefficient (Wildman–Crippen LogP) is 0.773. The van der Waals surface area contributed by atoms with Crippen molar-refractivity contribution in [2.75, 3.05) is 18.9 Å². The second-order valence-electron chi connectivity index (χ2n) is 3.44. The van der Waals surface area contributed by atoms with Crippen LogP contribution < -0.4 is 5.32 Å². The fourth-order valence-electron chi connectivity index (χ4n) is 1.54. The van der Waals surface area contributed by atoms with E-state index >= 15 is 0 Å². The third-order valence-electron chi connectivity index (χ3n) is 2.39. The number of rotatable bonds is 2. The van der Waals surface area contributed by atoms with E-state index in [0.29, 0.717) is 11.0 Å². The Morgan fingerprint density at radius 3 is 2.87 bits per heavy atom. The summed E-state index contributed by atoms with van der Waals surface area (Å²) in [7, 11) is 1.78. The normalized spacial score (nSPS) is 20.8. The van der Waals surface area contributed by atoms with Crippen molar-refractivity contribution >= 4 is 23.3 Å². The van der Waals surface area contributed by atoms with Crippen LogP contribution in [0.4, 0.5) is 5.82 Å². The molecule has 0 aliphatic carbocycles. The Labute approximate surface area is 92.5 Å². The minimum absolute atomic E-state index is 0.0664. The summed E-state index contributed by atoms with van der Waals surface area (Å²) in [6.07, 6.45) is 3.82. The maximum atomic E-state index is 11.6. The molecule has 1 fully saturated rings. The van der Waals surface area contributed by atoms with Gasteiger partial charge in [-0.2, -0.15) is 0 Å². The van der Waals surface area contributed by atoms with Crippen molar-refractivity contribution in [1.29, 1.82) is 0 Å². The van der Waals surface area contributed by atoms with Crippen molar-refractivity contribution in [1.82, 2.24) is 14.9 Å². The molecule has 5 nitrogen and oxygen atoms in total. The summed E-state index contributed by atoms with van der Waals surface area (Å²) in [6, 6.07) is -0.232. The summed E-state index contributed by atoms with van der Waals surface area (Å²) in [5.41, 5.74) is 0. The molecule has 2 rings (SSSR count). The van der Waals surface area contributed by atoms with Crippen molar-refractivity contribution < 1.29 is 4.79 Å². The van der Waals surface area contributed by atoms with E-state index in [4.69, 9.17) is 11.6 Å². The summed E-state index contributed by atoms with van der Waals surface area (Å²) in [4.78, 5) is 21.2. The van der Waals surface area contributed by atoms with Crippen LogP contribution in [0, 0.1) is 0 Å². The van der Waals surface area contributed by atoms with Gasteiger partial charge in [-0.1, -0.05) is 11.6 Å². The topological polar surface area (TPSA) is 58.1 Å². The summed E-state index contributed by atoms with van der Waals surface area (Å²) in [5.74, 6) is 0.532. The van der Waals surface area contributed by atoms with Crippen molar-refractivity contribution in [3.63, 3.8) is 0 Å². The molecule has 1 aliphatic heterocycles.